The highest BCUT2D eigenvalue weighted by Crippen LogP contribution is 2.22. The Morgan fingerprint density at radius 1 is 1.33 bits per heavy atom. The summed E-state index contributed by atoms with van der Waals surface area (Å²) in [6, 6.07) is 3.96. The van der Waals surface area contributed by atoms with E-state index in [2.05, 4.69) is 10.3 Å². The zero-order chi connectivity index (χ0) is 12.8. The van der Waals surface area contributed by atoms with E-state index < -0.39 is 0 Å². The van der Waals surface area contributed by atoms with Crippen LogP contribution in [-0.2, 0) is 0 Å². The van der Waals surface area contributed by atoms with E-state index in [9.17, 15) is 5.11 Å². The molecule has 0 saturated heterocycles. The summed E-state index contributed by atoms with van der Waals surface area (Å²) in [4.78, 5) is 4.22. The number of aliphatic hydroxyl groups excluding tert-OH is 1. The van der Waals surface area contributed by atoms with Crippen molar-refractivity contribution in [1.29, 1.82) is 0 Å². The van der Waals surface area contributed by atoms with Crippen molar-refractivity contribution in [3.63, 3.8) is 0 Å². The van der Waals surface area contributed by atoms with Gasteiger partial charge in [0.15, 0.2) is 0 Å². The van der Waals surface area contributed by atoms with Gasteiger partial charge in [0.2, 0.25) is 5.88 Å². The molecular formula is C14H22N2O2. The average molecular weight is 250 g/mol. The third kappa shape index (κ3) is 3.60. The van der Waals surface area contributed by atoms with Crippen molar-refractivity contribution in [1.82, 2.24) is 4.98 Å². The molecule has 0 aliphatic heterocycles. The fourth-order valence-electron chi connectivity index (χ4n) is 2.37. The Morgan fingerprint density at radius 2 is 2.17 bits per heavy atom. The molecule has 2 N–H and O–H groups in total. The molecule has 0 amide bonds. The lowest BCUT2D eigenvalue weighted by Crippen LogP contribution is -2.32. The average Bonchev–Trinajstić information content (AvgIpc) is 2.58. The van der Waals surface area contributed by atoms with Crippen molar-refractivity contribution in [2.24, 2.45) is 0 Å². The molecule has 1 aliphatic carbocycles. The summed E-state index contributed by atoms with van der Waals surface area (Å²) >= 11 is 0. The van der Waals surface area contributed by atoms with Crippen LogP contribution in [-0.4, -0.2) is 28.8 Å². The minimum atomic E-state index is -0.251. The molecule has 1 fully saturated rings. The summed E-state index contributed by atoms with van der Waals surface area (Å²) in [6.45, 7) is 2.57. The molecule has 0 aromatic carbocycles. The molecule has 2 unspecified atom stereocenters. The van der Waals surface area contributed by atoms with Gasteiger partial charge < -0.3 is 15.2 Å². The van der Waals surface area contributed by atoms with E-state index >= 15 is 0 Å². The number of hydrogen-bond donors (Lipinski definition) is 2. The van der Waals surface area contributed by atoms with Gasteiger partial charge >= 0.3 is 0 Å². The maximum atomic E-state index is 10.0. The summed E-state index contributed by atoms with van der Waals surface area (Å²) in [6.07, 6.45) is 6.95. The number of anilines is 1. The van der Waals surface area contributed by atoms with E-state index in [0.717, 1.165) is 24.9 Å². The highest BCUT2D eigenvalue weighted by Gasteiger charge is 2.21. The highest BCUT2D eigenvalue weighted by atomic mass is 16.5. The molecule has 2 atom stereocenters. The molecule has 1 aromatic rings. The van der Waals surface area contributed by atoms with Gasteiger partial charge in [-0.3, -0.25) is 0 Å². The molecule has 4 heteroatoms. The number of aromatic nitrogens is 1. The number of nitrogens with one attached hydrogen (secondary N) is 1. The Balaban J connectivity index is 1.94. The summed E-state index contributed by atoms with van der Waals surface area (Å²) in [5, 5.41) is 13.4. The van der Waals surface area contributed by atoms with E-state index in [1.165, 1.54) is 12.8 Å². The van der Waals surface area contributed by atoms with Crippen LogP contribution in [0.1, 0.15) is 39.0 Å². The second-order valence-corrected chi connectivity index (χ2v) is 4.77. The van der Waals surface area contributed by atoms with Crippen LogP contribution in [0.5, 0.6) is 5.88 Å². The number of ether oxygens (including phenoxy) is 1. The van der Waals surface area contributed by atoms with Crippen LogP contribution < -0.4 is 10.1 Å². The van der Waals surface area contributed by atoms with Crippen LogP contribution >= 0.6 is 0 Å². The second kappa shape index (κ2) is 6.59. The predicted molar refractivity (Wildman–Crippen MR) is 71.9 cm³/mol. The summed E-state index contributed by atoms with van der Waals surface area (Å²) < 4.78 is 5.30. The number of hydrogen-bond acceptors (Lipinski definition) is 4. The first-order chi connectivity index (χ1) is 8.79. The summed E-state index contributed by atoms with van der Waals surface area (Å²) in [5.41, 5.74) is 0.949. The van der Waals surface area contributed by atoms with Crippen LogP contribution in [0.4, 0.5) is 5.69 Å². The molecule has 0 bridgehead atoms. The van der Waals surface area contributed by atoms with Crippen molar-refractivity contribution >= 4 is 5.69 Å². The predicted octanol–water partition coefficient (Wildman–Crippen LogP) is 2.59. The largest absolute Gasteiger partial charge is 0.478 e. The molecule has 1 heterocycles. The van der Waals surface area contributed by atoms with Crippen LogP contribution in [0.15, 0.2) is 18.3 Å². The van der Waals surface area contributed by atoms with E-state index in [1.54, 1.807) is 6.20 Å². The van der Waals surface area contributed by atoms with Crippen LogP contribution in [0, 0.1) is 0 Å². The van der Waals surface area contributed by atoms with Crippen molar-refractivity contribution in [2.75, 3.05) is 11.9 Å². The first kappa shape index (κ1) is 13.1. The lowest BCUT2D eigenvalue weighted by molar-refractivity contribution is 0.144. The van der Waals surface area contributed by atoms with Crippen molar-refractivity contribution < 1.29 is 9.84 Å². The third-order valence-electron chi connectivity index (χ3n) is 3.36. The maximum Gasteiger partial charge on any atom is 0.213 e. The van der Waals surface area contributed by atoms with Crippen molar-refractivity contribution in [3.8, 4) is 5.88 Å². The second-order valence-electron chi connectivity index (χ2n) is 4.77. The van der Waals surface area contributed by atoms with Crippen LogP contribution in [0.2, 0.25) is 0 Å². The van der Waals surface area contributed by atoms with Crippen molar-refractivity contribution in [3.05, 3.63) is 18.3 Å². The highest BCUT2D eigenvalue weighted by molar-refractivity contribution is 5.43. The van der Waals surface area contributed by atoms with Gasteiger partial charge in [0, 0.05) is 6.07 Å². The molecule has 1 aromatic heterocycles. The van der Waals surface area contributed by atoms with Crippen LogP contribution in [0.3, 0.4) is 0 Å². The SMILES string of the molecule is CCOc1ccc(NC2CCCCCC2O)cn1. The molecule has 0 radical (unpaired) electrons. The van der Waals surface area contributed by atoms with Gasteiger partial charge in [-0.1, -0.05) is 19.3 Å². The summed E-state index contributed by atoms with van der Waals surface area (Å²) in [5.74, 6) is 0.643. The Bertz CT molecular complexity index is 353. The standard InChI is InChI=1S/C14H22N2O2/c1-2-18-14-9-8-11(10-15-14)16-12-6-4-3-5-7-13(12)17/h8-10,12-13,16-17H,2-7H2,1H3. The first-order valence-corrected chi connectivity index (χ1v) is 6.83. The monoisotopic (exact) mass is 250 g/mol. The van der Waals surface area contributed by atoms with E-state index in [1.807, 2.05) is 19.1 Å². The lowest BCUT2D eigenvalue weighted by atomic mass is 10.1. The molecule has 1 saturated carbocycles. The number of aliphatic hydroxyl groups is 1. The van der Waals surface area contributed by atoms with Gasteiger partial charge in [0.1, 0.15) is 0 Å². The first-order valence-electron chi connectivity index (χ1n) is 6.83. The minimum absolute atomic E-state index is 0.146. The molecule has 18 heavy (non-hydrogen) atoms. The molecule has 100 valence electrons. The number of pyridine rings is 1. The van der Waals surface area contributed by atoms with Gasteiger partial charge in [-0.2, -0.15) is 0 Å². The Morgan fingerprint density at radius 3 is 2.89 bits per heavy atom. The third-order valence-corrected chi connectivity index (χ3v) is 3.36. The topological polar surface area (TPSA) is 54.4 Å². The van der Waals surface area contributed by atoms with Gasteiger partial charge in [0.25, 0.3) is 0 Å². The minimum Gasteiger partial charge on any atom is -0.478 e. The molecule has 4 nitrogen and oxygen atoms in total. The van der Waals surface area contributed by atoms with Gasteiger partial charge in [-0.15, -0.1) is 0 Å². The van der Waals surface area contributed by atoms with Crippen molar-refractivity contribution in [2.45, 2.75) is 51.2 Å². The van der Waals surface area contributed by atoms with E-state index in [0.29, 0.717) is 12.5 Å². The quantitative estimate of drug-likeness (QED) is 0.806. The normalized spacial score (nSPS) is 24.3. The molecule has 1 aliphatic rings. The fourth-order valence-corrected chi connectivity index (χ4v) is 2.37. The summed E-state index contributed by atoms with van der Waals surface area (Å²) in [7, 11) is 0. The number of rotatable bonds is 4. The Labute approximate surface area is 108 Å². The number of nitrogens with zero attached hydrogens (tertiary/aromatic N) is 1. The van der Waals surface area contributed by atoms with Gasteiger partial charge in [-0.25, -0.2) is 4.98 Å². The smallest absolute Gasteiger partial charge is 0.213 e. The zero-order valence-electron chi connectivity index (χ0n) is 10.9. The van der Waals surface area contributed by atoms with Gasteiger partial charge in [0.05, 0.1) is 30.6 Å². The van der Waals surface area contributed by atoms with E-state index in [4.69, 9.17) is 4.74 Å². The molecule has 0 spiro atoms. The fraction of sp³-hybridized carbons (Fsp3) is 0.643. The van der Waals surface area contributed by atoms with Gasteiger partial charge in [-0.05, 0) is 25.8 Å². The van der Waals surface area contributed by atoms with Crippen LogP contribution in [0.25, 0.3) is 0 Å². The zero-order valence-corrected chi connectivity index (χ0v) is 10.9. The van der Waals surface area contributed by atoms with E-state index in [-0.39, 0.29) is 12.1 Å². The Kier molecular flexibility index (Phi) is 4.81. The lowest BCUT2D eigenvalue weighted by Gasteiger charge is -2.22. The Hall–Kier alpha value is -1.29. The maximum absolute atomic E-state index is 10.0. The molecular weight excluding hydrogens is 228 g/mol. The molecule has 2 rings (SSSR count).